The minimum Gasteiger partial charge on any atom is -0.457 e. The number of carbonyl (C=O) groups excluding carboxylic acids is 3. The van der Waals surface area contributed by atoms with Crippen LogP contribution in [-0.4, -0.2) is 34.9 Å². The first-order valence-electron chi connectivity index (χ1n) is 11.6. The highest BCUT2D eigenvalue weighted by atomic mass is 16.5. The van der Waals surface area contributed by atoms with E-state index >= 15 is 0 Å². The maximum absolute atomic E-state index is 13.3. The van der Waals surface area contributed by atoms with Gasteiger partial charge in [0.1, 0.15) is 17.3 Å². The number of unbranched alkanes of at least 4 members (excludes halogenated alkanes) is 1. The van der Waals surface area contributed by atoms with Crippen molar-refractivity contribution in [1.82, 2.24) is 5.06 Å². The van der Waals surface area contributed by atoms with Gasteiger partial charge in [0.05, 0.1) is 6.54 Å². The summed E-state index contributed by atoms with van der Waals surface area (Å²) in [6, 6.07) is 16.6. The van der Waals surface area contributed by atoms with Crippen molar-refractivity contribution < 1.29 is 24.3 Å². The van der Waals surface area contributed by atoms with E-state index in [1.807, 2.05) is 43.3 Å². The molecule has 2 aromatic carbocycles. The lowest BCUT2D eigenvalue weighted by molar-refractivity contribution is -0.155. The van der Waals surface area contributed by atoms with E-state index < -0.39 is 17.8 Å². The molecule has 2 N–H and O–H groups in total. The van der Waals surface area contributed by atoms with Crippen molar-refractivity contribution in [2.24, 2.45) is 17.8 Å². The van der Waals surface area contributed by atoms with Crippen molar-refractivity contribution in [3.63, 3.8) is 0 Å². The van der Waals surface area contributed by atoms with Crippen molar-refractivity contribution >= 4 is 23.8 Å². The Labute approximate surface area is 194 Å². The number of hydrogen-bond donors (Lipinski definition) is 2. The number of Topliss-reactive ketones (excluding diaryl/α,β-unsaturated/α-hetero) is 1. The summed E-state index contributed by atoms with van der Waals surface area (Å²) < 4.78 is 5.84. The summed E-state index contributed by atoms with van der Waals surface area (Å²) in [7, 11) is 0. The molecule has 2 aromatic rings. The lowest BCUT2D eigenvalue weighted by Gasteiger charge is -2.25. The van der Waals surface area contributed by atoms with Gasteiger partial charge in [-0.15, -0.1) is 0 Å². The van der Waals surface area contributed by atoms with Crippen LogP contribution >= 0.6 is 0 Å². The van der Waals surface area contributed by atoms with Gasteiger partial charge in [-0.25, -0.2) is 5.06 Å². The number of nitrogens with zero attached hydrogens (tertiary/aromatic N) is 1. The molecule has 2 amide bonds. The van der Waals surface area contributed by atoms with Gasteiger partial charge < -0.3 is 10.1 Å². The smallest absolute Gasteiger partial charge is 0.233 e. The van der Waals surface area contributed by atoms with Gasteiger partial charge in [0.25, 0.3) is 0 Å². The van der Waals surface area contributed by atoms with Gasteiger partial charge in [-0.2, -0.15) is 0 Å². The third-order valence-electron chi connectivity index (χ3n) is 6.14. The monoisotopic (exact) mass is 452 g/mol. The fraction of sp³-hybridized carbons (Fsp3) is 0.423. The van der Waals surface area contributed by atoms with E-state index in [4.69, 9.17) is 4.74 Å². The molecule has 3 rings (SSSR count). The SMILES string of the molecule is CCCC[C@H](CN(O)C=O)C(=O)C1CCC[C@H]1C(=O)Nc1cccc(Oc2ccccc2)c1. The zero-order valence-electron chi connectivity index (χ0n) is 19.0. The Bertz CT molecular complexity index is 933. The summed E-state index contributed by atoms with van der Waals surface area (Å²) in [5.41, 5.74) is 0.608. The second-order valence-corrected chi connectivity index (χ2v) is 8.55. The first-order valence-corrected chi connectivity index (χ1v) is 11.6. The molecular formula is C26H32N2O5. The maximum Gasteiger partial charge on any atom is 0.233 e. The summed E-state index contributed by atoms with van der Waals surface area (Å²) in [4.78, 5) is 37.2. The Morgan fingerprint density at radius 1 is 1.12 bits per heavy atom. The number of hydroxylamine groups is 2. The van der Waals surface area contributed by atoms with Crippen LogP contribution in [-0.2, 0) is 14.4 Å². The van der Waals surface area contributed by atoms with Gasteiger partial charge in [-0.05, 0) is 43.5 Å². The molecule has 0 saturated heterocycles. The molecule has 0 radical (unpaired) electrons. The van der Waals surface area contributed by atoms with Crippen LogP contribution in [0.1, 0.15) is 45.4 Å². The first kappa shape index (κ1) is 24.5. The summed E-state index contributed by atoms with van der Waals surface area (Å²) >= 11 is 0. The van der Waals surface area contributed by atoms with Crippen molar-refractivity contribution in [1.29, 1.82) is 0 Å². The number of ketones is 1. The van der Waals surface area contributed by atoms with E-state index in [1.54, 1.807) is 18.2 Å². The average molecular weight is 453 g/mol. The zero-order chi connectivity index (χ0) is 23.6. The molecule has 1 fully saturated rings. The third-order valence-corrected chi connectivity index (χ3v) is 6.14. The number of rotatable bonds is 12. The molecule has 176 valence electrons. The van der Waals surface area contributed by atoms with Gasteiger partial charge in [0.15, 0.2) is 0 Å². The normalized spacial score (nSPS) is 18.4. The summed E-state index contributed by atoms with van der Waals surface area (Å²) in [6.45, 7) is 1.99. The molecule has 7 nitrogen and oxygen atoms in total. The van der Waals surface area contributed by atoms with Crippen LogP contribution in [0.25, 0.3) is 0 Å². The Kier molecular flexibility index (Phi) is 9.01. The molecule has 0 heterocycles. The molecule has 0 aromatic heterocycles. The molecule has 1 saturated carbocycles. The minimum absolute atomic E-state index is 0.0357. The molecule has 0 spiro atoms. The van der Waals surface area contributed by atoms with Crippen molar-refractivity contribution in [3.05, 3.63) is 54.6 Å². The van der Waals surface area contributed by atoms with Crippen LogP contribution in [0.3, 0.4) is 0 Å². The second-order valence-electron chi connectivity index (χ2n) is 8.55. The molecule has 7 heteroatoms. The number of anilines is 1. The van der Waals surface area contributed by atoms with Gasteiger partial charge in [0, 0.05) is 29.5 Å². The standard InChI is InChI=1S/C26H32N2O5/c1-2-3-9-19(17-28(32)18-29)25(30)23-14-8-15-24(23)26(31)27-20-10-7-13-22(16-20)33-21-11-5-4-6-12-21/h4-7,10-13,16,18-19,23-24,32H,2-3,8-9,14-15,17H2,1H3,(H,27,31)/t19-,23?,24-/m1/s1. The molecule has 0 bridgehead atoms. The number of hydrogen-bond acceptors (Lipinski definition) is 5. The van der Waals surface area contributed by atoms with E-state index in [0.29, 0.717) is 47.9 Å². The van der Waals surface area contributed by atoms with Gasteiger partial charge in [-0.1, -0.05) is 50.5 Å². The first-order chi connectivity index (χ1) is 16.0. The third kappa shape index (κ3) is 6.89. The number of nitrogens with one attached hydrogen (secondary N) is 1. The lowest BCUT2D eigenvalue weighted by Crippen LogP contribution is -2.37. The van der Waals surface area contributed by atoms with Crippen LogP contribution in [0.4, 0.5) is 5.69 Å². The second kappa shape index (κ2) is 12.2. The summed E-state index contributed by atoms with van der Waals surface area (Å²) in [5, 5.41) is 13.1. The average Bonchev–Trinajstić information content (AvgIpc) is 3.32. The van der Waals surface area contributed by atoms with Gasteiger partial charge >= 0.3 is 0 Å². The van der Waals surface area contributed by atoms with Crippen LogP contribution < -0.4 is 10.1 Å². The molecule has 0 aliphatic heterocycles. The topological polar surface area (TPSA) is 95.9 Å². The molecule has 33 heavy (non-hydrogen) atoms. The van der Waals surface area contributed by atoms with Crippen LogP contribution in [0.5, 0.6) is 11.5 Å². The zero-order valence-corrected chi connectivity index (χ0v) is 19.0. The van der Waals surface area contributed by atoms with Gasteiger partial charge in [0.2, 0.25) is 12.3 Å². The van der Waals surface area contributed by atoms with Gasteiger partial charge in [-0.3, -0.25) is 19.6 Å². The predicted molar refractivity (Wildman–Crippen MR) is 125 cm³/mol. The fourth-order valence-corrected chi connectivity index (χ4v) is 4.46. The highest BCUT2D eigenvalue weighted by Gasteiger charge is 2.40. The Morgan fingerprint density at radius 2 is 1.85 bits per heavy atom. The predicted octanol–water partition coefficient (Wildman–Crippen LogP) is 5.06. The van der Waals surface area contributed by atoms with Crippen molar-refractivity contribution in [3.8, 4) is 11.5 Å². The largest absolute Gasteiger partial charge is 0.457 e. The molecule has 1 aliphatic carbocycles. The van der Waals surface area contributed by atoms with E-state index in [-0.39, 0.29) is 18.2 Å². The summed E-state index contributed by atoms with van der Waals surface area (Å²) in [5.74, 6) is -0.222. The summed E-state index contributed by atoms with van der Waals surface area (Å²) in [6.07, 6.45) is 4.71. The van der Waals surface area contributed by atoms with Crippen LogP contribution in [0.15, 0.2) is 54.6 Å². The molecule has 3 atom stereocenters. The number of amides is 2. The molecule has 1 unspecified atom stereocenters. The van der Waals surface area contributed by atoms with Crippen LogP contribution in [0, 0.1) is 17.8 Å². The van der Waals surface area contributed by atoms with E-state index in [0.717, 1.165) is 19.3 Å². The van der Waals surface area contributed by atoms with E-state index in [9.17, 15) is 19.6 Å². The molecule has 1 aliphatic rings. The molecular weight excluding hydrogens is 420 g/mol. The number of ether oxygens (including phenoxy) is 1. The minimum atomic E-state index is -0.471. The van der Waals surface area contributed by atoms with Crippen LogP contribution in [0.2, 0.25) is 0 Å². The van der Waals surface area contributed by atoms with Crippen molar-refractivity contribution in [2.45, 2.75) is 45.4 Å². The van der Waals surface area contributed by atoms with E-state index in [1.165, 1.54) is 0 Å². The maximum atomic E-state index is 13.3. The highest BCUT2D eigenvalue weighted by Crippen LogP contribution is 2.36. The Balaban J connectivity index is 1.67. The number of carbonyl (C=O) groups is 3. The number of para-hydroxylation sites is 1. The fourth-order valence-electron chi connectivity index (χ4n) is 4.46. The Morgan fingerprint density at radius 3 is 2.58 bits per heavy atom. The lowest BCUT2D eigenvalue weighted by atomic mass is 9.82. The Hall–Kier alpha value is -3.19. The quantitative estimate of drug-likeness (QED) is 0.267. The highest BCUT2D eigenvalue weighted by molar-refractivity contribution is 5.97. The van der Waals surface area contributed by atoms with E-state index in [2.05, 4.69) is 5.32 Å². The number of benzene rings is 2. The van der Waals surface area contributed by atoms with Crippen molar-refractivity contribution in [2.75, 3.05) is 11.9 Å².